The van der Waals surface area contributed by atoms with Crippen molar-refractivity contribution in [2.45, 2.75) is 40.2 Å². The number of phenols is 1. The maximum atomic E-state index is 13.3. The number of ketones is 1. The molecule has 0 bridgehead atoms. The van der Waals surface area contributed by atoms with Crippen LogP contribution in [0.4, 0.5) is 5.69 Å². The number of fused-ring (bicyclic) bond motifs is 1. The molecule has 0 unspecified atom stereocenters. The number of carbonyl (C=O) groups is 1. The number of hydrogen-bond acceptors (Lipinski definition) is 3. The van der Waals surface area contributed by atoms with Crippen molar-refractivity contribution in [1.29, 1.82) is 0 Å². The zero-order chi connectivity index (χ0) is 19.1. The van der Waals surface area contributed by atoms with Gasteiger partial charge >= 0.3 is 0 Å². The van der Waals surface area contributed by atoms with E-state index >= 15 is 0 Å². The summed E-state index contributed by atoms with van der Waals surface area (Å²) in [6, 6.07) is 15.1. The first-order valence-electron chi connectivity index (χ1n) is 8.82. The molecule has 0 spiro atoms. The predicted molar refractivity (Wildman–Crippen MR) is 108 cm³/mol. The lowest BCUT2D eigenvalue weighted by atomic mass is 9.93. The number of benzene rings is 3. The van der Waals surface area contributed by atoms with E-state index in [0.29, 0.717) is 16.8 Å². The summed E-state index contributed by atoms with van der Waals surface area (Å²) >= 11 is 0. The molecule has 3 heteroatoms. The van der Waals surface area contributed by atoms with Crippen LogP contribution in [0.15, 0.2) is 48.5 Å². The summed E-state index contributed by atoms with van der Waals surface area (Å²) in [7, 11) is 0. The van der Waals surface area contributed by atoms with E-state index in [4.69, 9.17) is 0 Å². The van der Waals surface area contributed by atoms with Crippen LogP contribution in [0.5, 0.6) is 5.75 Å². The molecule has 2 N–H and O–H groups in total. The Bertz CT molecular complexity index is 997. The summed E-state index contributed by atoms with van der Waals surface area (Å²) in [4.78, 5) is 13.3. The van der Waals surface area contributed by atoms with Gasteiger partial charge in [-0.25, -0.2) is 0 Å². The highest BCUT2D eigenvalue weighted by Gasteiger charge is 2.24. The average Bonchev–Trinajstić information content (AvgIpc) is 2.55. The molecule has 0 saturated carbocycles. The van der Waals surface area contributed by atoms with E-state index in [1.54, 1.807) is 6.07 Å². The van der Waals surface area contributed by atoms with E-state index in [1.807, 2.05) is 77.1 Å². The van der Waals surface area contributed by atoms with Crippen molar-refractivity contribution in [3.05, 3.63) is 70.8 Å². The first-order valence-corrected chi connectivity index (χ1v) is 8.82. The normalized spacial score (nSPS) is 11.6. The molecule has 0 aliphatic heterocycles. The summed E-state index contributed by atoms with van der Waals surface area (Å²) < 4.78 is 0. The third-order valence-corrected chi connectivity index (χ3v) is 4.52. The fraction of sp³-hybridized carbons (Fsp3) is 0.261. The quantitative estimate of drug-likeness (QED) is 0.606. The van der Waals surface area contributed by atoms with Gasteiger partial charge in [-0.15, -0.1) is 0 Å². The molecular formula is C23H25NO2. The van der Waals surface area contributed by atoms with Gasteiger partial charge in [-0.3, -0.25) is 4.79 Å². The SMILES string of the molecule is Cc1ccc(C(=O)c2c(O)cc3ccccc3c2NC(C)(C)C)cc1C. The van der Waals surface area contributed by atoms with E-state index in [9.17, 15) is 9.90 Å². The number of carbonyl (C=O) groups excluding carboxylic acids is 1. The minimum absolute atomic E-state index is 0.00122. The topological polar surface area (TPSA) is 49.3 Å². The second kappa shape index (κ2) is 6.49. The van der Waals surface area contributed by atoms with Gasteiger partial charge in [0.05, 0.1) is 11.3 Å². The molecule has 0 aromatic heterocycles. The number of hydrogen-bond donors (Lipinski definition) is 2. The molecule has 0 fully saturated rings. The first-order chi connectivity index (χ1) is 12.2. The highest BCUT2D eigenvalue weighted by molar-refractivity contribution is 6.18. The highest BCUT2D eigenvalue weighted by atomic mass is 16.3. The average molecular weight is 347 g/mol. The van der Waals surface area contributed by atoms with E-state index in [-0.39, 0.29) is 17.1 Å². The highest BCUT2D eigenvalue weighted by Crippen LogP contribution is 2.37. The van der Waals surface area contributed by atoms with Crippen molar-refractivity contribution in [2.24, 2.45) is 0 Å². The molecule has 0 heterocycles. The van der Waals surface area contributed by atoms with Crippen LogP contribution in [-0.4, -0.2) is 16.4 Å². The maximum absolute atomic E-state index is 13.3. The lowest BCUT2D eigenvalue weighted by molar-refractivity contribution is 0.103. The Morgan fingerprint density at radius 1 is 0.962 bits per heavy atom. The number of aromatic hydroxyl groups is 1. The van der Waals surface area contributed by atoms with Crippen molar-refractivity contribution in [3.63, 3.8) is 0 Å². The minimum atomic E-state index is -0.255. The van der Waals surface area contributed by atoms with Crippen LogP contribution in [0.2, 0.25) is 0 Å². The van der Waals surface area contributed by atoms with E-state index in [0.717, 1.165) is 21.9 Å². The smallest absolute Gasteiger partial charge is 0.198 e. The van der Waals surface area contributed by atoms with Crippen molar-refractivity contribution in [2.75, 3.05) is 5.32 Å². The van der Waals surface area contributed by atoms with Crippen LogP contribution in [0.3, 0.4) is 0 Å². The van der Waals surface area contributed by atoms with E-state index in [2.05, 4.69) is 5.32 Å². The Kier molecular flexibility index (Phi) is 4.49. The number of rotatable bonds is 3. The van der Waals surface area contributed by atoms with Crippen LogP contribution in [0.25, 0.3) is 10.8 Å². The van der Waals surface area contributed by atoms with Gasteiger partial charge in [-0.2, -0.15) is 0 Å². The summed E-state index contributed by atoms with van der Waals surface area (Å²) in [5, 5.41) is 15.9. The largest absolute Gasteiger partial charge is 0.507 e. The van der Waals surface area contributed by atoms with Crippen LogP contribution >= 0.6 is 0 Å². The van der Waals surface area contributed by atoms with Gasteiger partial charge in [-0.1, -0.05) is 36.4 Å². The monoisotopic (exact) mass is 347 g/mol. The number of aryl methyl sites for hydroxylation is 2. The van der Waals surface area contributed by atoms with Gasteiger partial charge in [0.15, 0.2) is 5.78 Å². The molecule has 3 nitrogen and oxygen atoms in total. The molecule has 0 aliphatic rings. The zero-order valence-electron chi connectivity index (χ0n) is 16.0. The predicted octanol–water partition coefficient (Wildman–Crippen LogP) is 5.60. The van der Waals surface area contributed by atoms with Crippen LogP contribution in [0, 0.1) is 13.8 Å². The molecule has 0 saturated heterocycles. The Balaban J connectivity index is 2.26. The Morgan fingerprint density at radius 3 is 2.31 bits per heavy atom. The minimum Gasteiger partial charge on any atom is -0.507 e. The third kappa shape index (κ3) is 3.43. The third-order valence-electron chi connectivity index (χ3n) is 4.52. The van der Waals surface area contributed by atoms with E-state index in [1.165, 1.54) is 0 Å². The van der Waals surface area contributed by atoms with Gasteiger partial charge < -0.3 is 10.4 Å². The number of nitrogens with one attached hydrogen (secondary N) is 1. The number of anilines is 1. The second-order valence-corrected chi connectivity index (χ2v) is 7.87. The lowest BCUT2D eigenvalue weighted by Gasteiger charge is -2.26. The molecule has 3 aromatic carbocycles. The van der Waals surface area contributed by atoms with Gasteiger partial charge in [0.2, 0.25) is 0 Å². The van der Waals surface area contributed by atoms with E-state index < -0.39 is 0 Å². The molecule has 0 atom stereocenters. The van der Waals surface area contributed by atoms with Gasteiger partial charge in [0.1, 0.15) is 5.75 Å². The summed E-state index contributed by atoms with van der Waals surface area (Å²) in [6.45, 7) is 10.1. The number of phenolic OH excluding ortho intramolecular Hbond substituents is 1. The molecule has 3 aromatic rings. The zero-order valence-corrected chi connectivity index (χ0v) is 16.0. The van der Waals surface area contributed by atoms with Gasteiger partial charge in [0, 0.05) is 16.5 Å². The summed E-state index contributed by atoms with van der Waals surface area (Å²) in [5.74, 6) is -0.179. The standard InChI is InChI=1S/C23H25NO2/c1-14-10-11-17(12-15(14)2)22(26)20-19(25)13-16-8-6-7-9-18(16)21(20)24-23(3,4)5/h6-13,24-25H,1-5H3. The Labute approximate surface area is 154 Å². The van der Waals surface area contributed by atoms with Gasteiger partial charge in [0.25, 0.3) is 0 Å². The first kappa shape index (κ1) is 18.0. The van der Waals surface area contributed by atoms with Crippen molar-refractivity contribution in [1.82, 2.24) is 0 Å². The Hall–Kier alpha value is -2.81. The van der Waals surface area contributed by atoms with Crippen molar-refractivity contribution < 1.29 is 9.90 Å². The molecule has 134 valence electrons. The summed E-state index contributed by atoms with van der Waals surface area (Å²) in [5.41, 5.74) is 3.52. The molecule has 0 amide bonds. The summed E-state index contributed by atoms with van der Waals surface area (Å²) in [6.07, 6.45) is 0. The molecule has 0 radical (unpaired) electrons. The molecule has 0 aliphatic carbocycles. The van der Waals surface area contributed by atoms with Crippen LogP contribution < -0.4 is 5.32 Å². The fourth-order valence-corrected chi connectivity index (χ4v) is 3.09. The van der Waals surface area contributed by atoms with Crippen LogP contribution in [0.1, 0.15) is 47.8 Å². The molecule has 3 rings (SSSR count). The van der Waals surface area contributed by atoms with Crippen molar-refractivity contribution >= 4 is 22.2 Å². The lowest BCUT2D eigenvalue weighted by Crippen LogP contribution is -2.27. The fourth-order valence-electron chi connectivity index (χ4n) is 3.09. The second-order valence-electron chi connectivity index (χ2n) is 7.87. The van der Waals surface area contributed by atoms with Crippen LogP contribution in [-0.2, 0) is 0 Å². The molecular weight excluding hydrogens is 322 g/mol. The Morgan fingerprint density at radius 2 is 1.65 bits per heavy atom. The van der Waals surface area contributed by atoms with Gasteiger partial charge in [-0.05, 0) is 63.3 Å². The maximum Gasteiger partial charge on any atom is 0.198 e. The van der Waals surface area contributed by atoms with Crippen molar-refractivity contribution in [3.8, 4) is 5.75 Å². The molecule has 26 heavy (non-hydrogen) atoms.